The van der Waals surface area contributed by atoms with Crippen LogP contribution in [0.1, 0.15) is 18.1 Å². The summed E-state index contributed by atoms with van der Waals surface area (Å²) < 4.78 is 27.2. The summed E-state index contributed by atoms with van der Waals surface area (Å²) in [5.41, 5.74) is 1.60. The third-order valence-electron chi connectivity index (χ3n) is 2.98. The van der Waals surface area contributed by atoms with E-state index in [-0.39, 0.29) is 22.6 Å². The highest BCUT2D eigenvalue weighted by Crippen LogP contribution is 2.21. The topological polar surface area (TPSA) is 66.4 Å². The smallest absolute Gasteiger partial charge is 0.240 e. The standard InChI is InChI=1S/C14H16ClNO3S2/c1-10(6-11-4-5-20-9-11)16-21(18,19)13-3-2-12(8-17)14(15)7-13/h2-5,7,9-10,16-17H,6,8H2,1H3. The molecule has 0 saturated carbocycles. The Morgan fingerprint density at radius 3 is 2.71 bits per heavy atom. The van der Waals surface area contributed by atoms with Crippen molar-refractivity contribution >= 4 is 33.0 Å². The lowest BCUT2D eigenvalue weighted by Gasteiger charge is -2.14. The van der Waals surface area contributed by atoms with Gasteiger partial charge in [0.2, 0.25) is 10.0 Å². The molecule has 1 unspecified atom stereocenters. The Balaban J connectivity index is 2.12. The largest absolute Gasteiger partial charge is 0.392 e. The van der Waals surface area contributed by atoms with Crippen molar-refractivity contribution in [3.8, 4) is 0 Å². The monoisotopic (exact) mass is 345 g/mol. The lowest BCUT2D eigenvalue weighted by Crippen LogP contribution is -2.34. The van der Waals surface area contributed by atoms with Crippen molar-refractivity contribution in [1.29, 1.82) is 0 Å². The summed E-state index contributed by atoms with van der Waals surface area (Å²) in [6.45, 7) is 1.60. The minimum atomic E-state index is -3.62. The molecule has 1 aromatic heterocycles. The van der Waals surface area contributed by atoms with Gasteiger partial charge in [0.05, 0.1) is 11.5 Å². The third-order valence-corrected chi connectivity index (χ3v) is 5.65. The number of rotatable bonds is 6. The highest BCUT2D eigenvalue weighted by Gasteiger charge is 2.18. The van der Waals surface area contributed by atoms with Gasteiger partial charge >= 0.3 is 0 Å². The van der Waals surface area contributed by atoms with Crippen molar-refractivity contribution in [2.75, 3.05) is 0 Å². The van der Waals surface area contributed by atoms with Crippen LogP contribution in [0.15, 0.2) is 39.9 Å². The second-order valence-electron chi connectivity index (χ2n) is 4.77. The minimum Gasteiger partial charge on any atom is -0.392 e. The molecule has 0 spiro atoms. The number of thiophene rings is 1. The molecule has 4 nitrogen and oxygen atoms in total. The van der Waals surface area contributed by atoms with E-state index in [1.165, 1.54) is 18.2 Å². The van der Waals surface area contributed by atoms with Gasteiger partial charge in [0.1, 0.15) is 0 Å². The van der Waals surface area contributed by atoms with Crippen LogP contribution in [-0.4, -0.2) is 19.6 Å². The Labute approximate surface area is 133 Å². The number of hydrogen-bond acceptors (Lipinski definition) is 4. The summed E-state index contributed by atoms with van der Waals surface area (Å²) in [4.78, 5) is 0.0990. The van der Waals surface area contributed by atoms with Crippen molar-refractivity contribution in [1.82, 2.24) is 4.72 Å². The minimum absolute atomic E-state index is 0.0990. The maximum atomic E-state index is 12.3. The molecule has 0 aliphatic rings. The van der Waals surface area contributed by atoms with E-state index in [1.54, 1.807) is 11.3 Å². The highest BCUT2D eigenvalue weighted by atomic mass is 35.5. The Kier molecular flexibility index (Phi) is 5.40. The molecule has 0 aliphatic carbocycles. The van der Waals surface area contributed by atoms with E-state index in [9.17, 15) is 8.42 Å². The van der Waals surface area contributed by atoms with Gasteiger partial charge in [-0.2, -0.15) is 11.3 Å². The van der Waals surface area contributed by atoms with E-state index in [1.807, 2.05) is 23.8 Å². The first kappa shape index (κ1) is 16.5. The van der Waals surface area contributed by atoms with Crippen LogP contribution in [0.3, 0.4) is 0 Å². The predicted molar refractivity (Wildman–Crippen MR) is 85.2 cm³/mol. The maximum absolute atomic E-state index is 12.3. The van der Waals surface area contributed by atoms with Gasteiger partial charge in [-0.1, -0.05) is 17.7 Å². The first-order valence-corrected chi connectivity index (χ1v) is 9.15. The molecule has 114 valence electrons. The number of aliphatic hydroxyl groups is 1. The molecular formula is C14H16ClNO3S2. The summed E-state index contributed by atoms with van der Waals surface area (Å²) in [5, 5.41) is 13.3. The van der Waals surface area contributed by atoms with E-state index >= 15 is 0 Å². The second-order valence-corrected chi connectivity index (χ2v) is 7.67. The SMILES string of the molecule is CC(Cc1ccsc1)NS(=O)(=O)c1ccc(CO)c(Cl)c1. The Hall–Kier alpha value is -0.920. The van der Waals surface area contributed by atoms with Crippen molar-refractivity contribution < 1.29 is 13.5 Å². The van der Waals surface area contributed by atoms with Crippen LogP contribution >= 0.6 is 22.9 Å². The zero-order valence-electron chi connectivity index (χ0n) is 11.4. The van der Waals surface area contributed by atoms with Gasteiger partial charge in [0.25, 0.3) is 0 Å². The van der Waals surface area contributed by atoms with Gasteiger partial charge in [-0.25, -0.2) is 13.1 Å². The van der Waals surface area contributed by atoms with Gasteiger partial charge in [-0.05, 0) is 53.4 Å². The fourth-order valence-electron chi connectivity index (χ4n) is 1.96. The number of halogens is 1. The van der Waals surface area contributed by atoms with Crippen LogP contribution in [0.5, 0.6) is 0 Å². The summed E-state index contributed by atoms with van der Waals surface area (Å²) >= 11 is 7.52. The van der Waals surface area contributed by atoms with Crippen molar-refractivity contribution in [2.24, 2.45) is 0 Å². The van der Waals surface area contributed by atoms with E-state index in [4.69, 9.17) is 16.7 Å². The molecule has 7 heteroatoms. The van der Waals surface area contributed by atoms with Gasteiger partial charge < -0.3 is 5.11 Å². The zero-order valence-corrected chi connectivity index (χ0v) is 13.8. The first-order chi connectivity index (χ1) is 9.92. The van der Waals surface area contributed by atoms with Gasteiger partial charge in [-0.3, -0.25) is 0 Å². The Bertz CT molecular complexity index is 699. The predicted octanol–water partition coefficient (Wildman–Crippen LogP) is 2.80. The van der Waals surface area contributed by atoms with Crippen molar-refractivity contribution in [3.05, 3.63) is 51.2 Å². The number of nitrogens with one attached hydrogen (secondary N) is 1. The molecule has 1 heterocycles. The number of hydrogen-bond donors (Lipinski definition) is 2. The number of sulfonamides is 1. The van der Waals surface area contributed by atoms with Crippen LogP contribution in [0.25, 0.3) is 0 Å². The molecule has 2 N–H and O–H groups in total. The third kappa shape index (κ3) is 4.28. The Morgan fingerprint density at radius 2 is 2.14 bits per heavy atom. The quantitative estimate of drug-likeness (QED) is 0.846. The zero-order chi connectivity index (χ0) is 15.5. The lowest BCUT2D eigenvalue weighted by molar-refractivity contribution is 0.282. The molecule has 0 bridgehead atoms. The molecule has 0 saturated heterocycles. The fourth-order valence-corrected chi connectivity index (χ4v) is 4.22. The second kappa shape index (κ2) is 6.89. The number of aliphatic hydroxyl groups excluding tert-OH is 1. The Morgan fingerprint density at radius 1 is 1.38 bits per heavy atom. The van der Waals surface area contributed by atoms with Crippen molar-refractivity contribution in [2.45, 2.75) is 30.9 Å². The van der Waals surface area contributed by atoms with E-state index in [2.05, 4.69) is 4.72 Å². The molecule has 1 aromatic carbocycles. The van der Waals surface area contributed by atoms with Crippen LogP contribution < -0.4 is 4.72 Å². The molecule has 2 rings (SSSR count). The summed E-state index contributed by atoms with van der Waals surface area (Å²) in [5.74, 6) is 0. The number of benzene rings is 1. The van der Waals surface area contributed by atoms with Gasteiger partial charge in [0, 0.05) is 11.1 Å². The highest BCUT2D eigenvalue weighted by molar-refractivity contribution is 7.89. The molecule has 1 atom stereocenters. The lowest BCUT2D eigenvalue weighted by atomic mass is 10.1. The molecular weight excluding hydrogens is 330 g/mol. The summed E-state index contributed by atoms with van der Waals surface area (Å²) in [6.07, 6.45) is 0.630. The van der Waals surface area contributed by atoms with Crippen LogP contribution in [-0.2, 0) is 23.1 Å². The van der Waals surface area contributed by atoms with Crippen LogP contribution in [0.2, 0.25) is 5.02 Å². The van der Waals surface area contributed by atoms with Crippen LogP contribution in [0, 0.1) is 0 Å². The van der Waals surface area contributed by atoms with E-state index < -0.39 is 10.0 Å². The van der Waals surface area contributed by atoms with E-state index in [0.717, 1.165) is 5.56 Å². The molecule has 0 amide bonds. The molecule has 21 heavy (non-hydrogen) atoms. The van der Waals surface area contributed by atoms with Crippen LogP contribution in [0.4, 0.5) is 0 Å². The van der Waals surface area contributed by atoms with Gasteiger partial charge in [-0.15, -0.1) is 0 Å². The van der Waals surface area contributed by atoms with Gasteiger partial charge in [0.15, 0.2) is 0 Å². The summed E-state index contributed by atoms with van der Waals surface area (Å²) in [7, 11) is -3.62. The summed E-state index contributed by atoms with van der Waals surface area (Å²) in [6, 6.07) is 6.06. The fraction of sp³-hybridized carbons (Fsp3) is 0.286. The normalized spacial score (nSPS) is 13.3. The van der Waals surface area contributed by atoms with Crippen molar-refractivity contribution in [3.63, 3.8) is 0 Å². The molecule has 0 aliphatic heterocycles. The van der Waals surface area contributed by atoms with E-state index in [0.29, 0.717) is 12.0 Å². The molecule has 0 radical (unpaired) electrons. The maximum Gasteiger partial charge on any atom is 0.240 e. The first-order valence-electron chi connectivity index (χ1n) is 6.35. The molecule has 0 fully saturated rings. The average molecular weight is 346 g/mol. The molecule has 2 aromatic rings. The average Bonchev–Trinajstić information content (AvgIpc) is 2.90.